The second-order valence-electron chi connectivity index (χ2n) is 8.36. The van der Waals surface area contributed by atoms with Crippen molar-refractivity contribution in [2.45, 2.75) is 32.4 Å². The van der Waals surface area contributed by atoms with E-state index in [4.69, 9.17) is 0 Å². The number of imidazole rings is 1. The lowest BCUT2D eigenvalue weighted by molar-refractivity contribution is -0.120. The highest BCUT2D eigenvalue weighted by Gasteiger charge is 2.59. The molecule has 0 spiro atoms. The van der Waals surface area contributed by atoms with E-state index in [-0.39, 0.29) is 29.6 Å². The molecule has 0 saturated heterocycles. The fourth-order valence-electron chi connectivity index (χ4n) is 4.68. The average molecular weight is 416 g/mol. The zero-order valence-corrected chi connectivity index (χ0v) is 17.7. The number of aromatic nitrogens is 4. The minimum atomic E-state index is -0.631. The molecule has 0 bridgehead atoms. The standard InChI is InChI=1S/C23H24N6O2/c1-13-17-18(13)20(23(31)28(3)21-19(17)24-9-10-25-21)27-22(30)16-12-29(14(2)26-16)11-15-7-5-4-6-8-15/h4-10,12-13,17-18,20H,11H2,1-3H3,(H,27,30)/t13-,17?,18?,20-/m0/s1. The van der Waals surface area contributed by atoms with Crippen LogP contribution < -0.4 is 10.2 Å². The molecule has 1 aliphatic carbocycles. The van der Waals surface area contributed by atoms with E-state index in [2.05, 4.69) is 27.2 Å². The van der Waals surface area contributed by atoms with Crippen LogP contribution in [0.5, 0.6) is 0 Å². The van der Waals surface area contributed by atoms with E-state index in [1.54, 1.807) is 25.6 Å². The minimum absolute atomic E-state index is 0.00403. The third kappa shape index (κ3) is 3.28. The molecule has 8 heteroatoms. The Labute approximate surface area is 180 Å². The highest BCUT2D eigenvalue weighted by Crippen LogP contribution is 2.58. The number of aryl methyl sites for hydroxylation is 1. The minimum Gasteiger partial charge on any atom is -0.339 e. The van der Waals surface area contributed by atoms with Crippen molar-refractivity contribution >= 4 is 17.6 Å². The van der Waals surface area contributed by atoms with Crippen molar-refractivity contribution in [2.75, 3.05) is 11.9 Å². The van der Waals surface area contributed by atoms with Gasteiger partial charge in [0.2, 0.25) is 0 Å². The highest BCUT2D eigenvalue weighted by atomic mass is 16.2. The summed E-state index contributed by atoms with van der Waals surface area (Å²) in [4.78, 5) is 41.0. The summed E-state index contributed by atoms with van der Waals surface area (Å²) in [6.07, 6.45) is 4.99. The Bertz CT molecular complexity index is 1160. The largest absolute Gasteiger partial charge is 0.339 e. The lowest BCUT2D eigenvalue weighted by atomic mass is 10.1. The smallest absolute Gasteiger partial charge is 0.272 e. The van der Waals surface area contributed by atoms with Gasteiger partial charge in [0.1, 0.15) is 17.6 Å². The maximum Gasteiger partial charge on any atom is 0.272 e. The predicted molar refractivity (Wildman–Crippen MR) is 115 cm³/mol. The first-order valence-electron chi connectivity index (χ1n) is 10.4. The topological polar surface area (TPSA) is 93.0 Å². The number of amides is 2. The van der Waals surface area contributed by atoms with Gasteiger partial charge in [-0.05, 0) is 18.4 Å². The number of benzene rings is 1. The maximum absolute atomic E-state index is 13.2. The van der Waals surface area contributed by atoms with Crippen LogP contribution in [0.15, 0.2) is 48.9 Å². The Morgan fingerprint density at radius 2 is 1.90 bits per heavy atom. The van der Waals surface area contributed by atoms with Crippen LogP contribution in [0.25, 0.3) is 0 Å². The van der Waals surface area contributed by atoms with Crippen molar-refractivity contribution < 1.29 is 9.59 Å². The van der Waals surface area contributed by atoms with E-state index in [0.29, 0.717) is 18.1 Å². The van der Waals surface area contributed by atoms with Crippen molar-refractivity contribution in [2.24, 2.45) is 11.8 Å². The van der Waals surface area contributed by atoms with E-state index in [9.17, 15) is 9.59 Å². The van der Waals surface area contributed by atoms with Gasteiger partial charge in [-0.15, -0.1) is 0 Å². The molecule has 3 aromatic rings. The molecule has 5 rings (SSSR count). The zero-order valence-electron chi connectivity index (χ0n) is 17.7. The summed E-state index contributed by atoms with van der Waals surface area (Å²) in [6, 6.07) is 9.38. The summed E-state index contributed by atoms with van der Waals surface area (Å²) in [5.74, 6) is 1.17. The van der Waals surface area contributed by atoms with Crippen LogP contribution in [0.3, 0.4) is 0 Å². The molecule has 1 aliphatic heterocycles. The lowest BCUT2D eigenvalue weighted by Crippen LogP contribution is -2.49. The Balaban J connectivity index is 1.37. The van der Waals surface area contributed by atoms with E-state index in [1.807, 2.05) is 41.8 Å². The van der Waals surface area contributed by atoms with Crippen molar-refractivity contribution in [1.82, 2.24) is 24.8 Å². The fourth-order valence-corrected chi connectivity index (χ4v) is 4.68. The quantitative estimate of drug-likeness (QED) is 0.704. The third-order valence-electron chi connectivity index (χ3n) is 6.46. The zero-order chi connectivity index (χ0) is 21.7. The molecule has 1 fully saturated rings. The van der Waals surface area contributed by atoms with E-state index in [1.165, 1.54) is 4.90 Å². The van der Waals surface area contributed by atoms with E-state index < -0.39 is 6.04 Å². The first-order valence-corrected chi connectivity index (χ1v) is 10.4. The molecule has 31 heavy (non-hydrogen) atoms. The Morgan fingerprint density at radius 1 is 1.16 bits per heavy atom. The number of hydrogen-bond donors (Lipinski definition) is 1. The maximum atomic E-state index is 13.2. The monoisotopic (exact) mass is 416 g/mol. The normalized spacial score (nSPS) is 24.2. The van der Waals surface area contributed by atoms with Gasteiger partial charge in [0.25, 0.3) is 11.8 Å². The number of hydrogen-bond acceptors (Lipinski definition) is 5. The molecule has 1 saturated carbocycles. The Kier molecular flexibility index (Phi) is 4.57. The number of carbonyl (C=O) groups is 2. The number of rotatable bonds is 4. The number of nitrogens with one attached hydrogen (secondary N) is 1. The summed E-state index contributed by atoms with van der Waals surface area (Å²) in [6.45, 7) is 4.59. The van der Waals surface area contributed by atoms with Crippen LogP contribution in [0.4, 0.5) is 5.82 Å². The highest BCUT2D eigenvalue weighted by molar-refractivity contribution is 6.02. The van der Waals surface area contributed by atoms with Gasteiger partial charge in [-0.1, -0.05) is 37.3 Å². The van der Waals surface area contributed by atoms with Crippen molar-refractivity contribution in [3.63, 3.8) is 0 Å². The van der Waals surface area contributed by atoms with Crippen molar-refractivity contribution in [1.29, 1.82) is 0 Å². The molecule has 1 N–H and O–H groups in total. The molecule has 1 aromatic carbocycles. The number of fused-ring (bicyclic) bond motifs is 3. The average Bonchev–Trinajstić information content (AvgIpc) is 3.33. The lowest BCUT2D eigenvalue weighted by Gasteiger charge is -2.23. The van der Waals surface area contributed by atoms with Crippen LogP contribution in [0.1, 0.15) is 40.4 Å². The third-order valence-corrected chi connectivity index (χ3v) is 6.46. The summed E-state index contributed by atoms with van der Waals surface area (Å²) in [7, 11) is 1.68. The first kappa shape index (κ1) is 19.4. The molecule has 8 nitrogen and oxygen atoms in total. The van der Waals surface area contributed by atoms with Gasteiger partial charge in [0.05, 0.1) is 5.69 Å². The number of carbonyl (C=O) groups excluding carboxylic acids is 2. The van der Waals surface area contributed by atoms with Crippen LogP contribution >= 0.6 is 0 Å². The molecule has 0 radical (unpaired) electrons. The van der Waals surface area contributed by atoms with Gasteiger partial charge < -0.3 is 9.88 Å². The molecular formula is C23H24N6O2. The van der Waals surface area contributed by atoms with Gasteiger partial charge in [0.15, 0.2) is 5.82 Å². The second kappa shape index (κ2) is 7.30. The van der Waals surface area contributed by atoms with Gasteiger partial charge in [0, 0.05) is 44.0 Å². The van der Waals surface area contributed by atoms with Gasteiger partial charge in [-0.3, -0.25) is 19.5 Å². The number of likely N-dealkylation sites (N-methyl/N-ethyl adjacent to an activating group) is 1. The van der Waals surface area contributed by atoms with Crippen molar-refractivity contribution in [3.8, 4) is 0 Å². The summed E-state index contributed by atoms with van der Waals surface area (Å²) >= 11 is 0. The van der Waals surface area contributed by atoms with E-state index >= 15 is 0 Å². The van der Waals surface area contributed by atoms with E-state index in [0.717, 1.165) is 17.1 Å². The van der Waals surface area contributed by atoms with Crippen molar-refractivity contribution in [3.05, 3.63) is 71.7 Å². The SMILES string of the molecule is Cc1nc(C(=O)N[C@@H]2C(=O)N(C)c3nccnc3C3C2[C@H]3C)cn1Cc1ccccc1. The second-order valence-corrected chi connectivity index (χ2v) is 8.36. The first-order chi connectivity index (χ1) is 15.0. The predicted octanol–water partition coefficient (Wildman–Crippen LogP) is 2.15. The molecule has 2 aliphatic rings. The molecule has 4 atom stereocenters. The summed E-state index contributed by atoms with van der Waals surface area (Å²) in [5, 5.41) is 2.95. The Morgan fingerprint density at radius 3 is 2.68 bits per heavy atom. The molecule has 2 amide bonds. The molecule has 2 aromatic heterocycles. The van der Waals surface area contributed by atoms with Gasteiger partial charge >= 0.3 is 0 Å². The summed E-state index contributed by atoms with van der Waals surface area (Å²) < 4.78 is 1.94. The molecule has 3 heterocycles. The van der Waals surface area contributed by atoms with Crippen LogP contribution in [-0.4, -0.2) is 44.4 Å². The molecular weight excluding hydrogens is 392 g/mol. The van der Waals surface area contributed by atoms with Crippen LogP contribution in [0, 0.1) is 18.8 Å². The molecule has 158 valence electrons. The summed E-state index contributed by atoms with van der Waals surface area (Å²) in [5.41, 5.74) is 2.27. The Hall–Kier alpha value is -3.55. The fraction of sp³-hybridized carbons (Fsp3) is 0.348. The van der Waals surface area contributed by atoms with Crippen LogP contribution in [-0.2, 0) is 11.3 Å². The molecule has 2 unspecified atom stereocenters. The van der Waals surface area contributed by atoms with Crippen LogP contribution in [0.2, 0.25) is 0 Å². The van der Waals surface area contributed by atoms with Gasteiger partial charge in [-0.2, -0.15) is 0 Å². The number of nitrogens with zero attached hydrogens (tertiary/aromatic N) is 5. The van der Waals surface area contributed by atoms with Gasteiger partial charge in [-0.25, -0.2) is 9.97 Å². The number of anilines is 1.